The zero-order valence-corrected chi connectivity index (χ0v) is 17.0. The molecule has 3 aromatic rings. The van der Waals surface area contributed by atoms with E-state index in [0.29, 0.717) is 24.2 Å². The molecule has 2 heterocycles. The van der Waals surface area contributed by atoms with Crippen molar-refractivity contribution < 1.29 is 22.7 Å². The van der Waals surface area contributed by atoms with Gasteiger partial charge >= 0.3 is 6.18 Å². The zero-order chi connectivity index (χ0) is 22.2. The maximum Gasteiger partial charge on any atom is 0.416 e. The summed E-state index contributed by atoms with van der Waals surface area (Å²) in [4.78, 5) is 28.2. The Labute approximate surface area is 179 Å². The SMILES string of the molecule is O=C(NC[C@@H]1CCCO1)c1ccc2c(=O)n(-c3cccc(C(F)(F)F)c3)c(=S)[nH]c2c1. The number of nitrogens with one attached hydrogen (secondary N) is 2. The number of carbonyl (C=O) groups is 1. The number of rotatable bonds is 4. The number of hydrogen-bond donors (Lipinski definition) is 2. The first-order valence-corrected chi connectivity index (χ1v) is 10.0. The molecule has 162 valence electrons. The van der Waals surface area contributed by atoms with Crippen molar-refractivity contribution in [1.82, 2.24) is 14.9 Å². The van der Waals surface area contributed by atoms with Crippen LogP contribution >= 0.6 is 12.2 Å². The molecule has 2 aromatic carbocycles. The fourth-order valence-corrected chi connectivity index (χ4v) is 3.83. The van der Waals surface area contributed by atoms with Crippen molar-refractivity contribution in [2.45, 2.75) is 25.1 Å². The van der Waals surface area contributed by atoms with Gasteiger partial charge in [-0.1, -0.05) is 6.07 Å². The standard InChI is InChI=1S/C21H18F3N3O3S/c22-21(23,24)13-3-1-4-14(10-13)27-19(29)16-7-6-12(9-17(16)26-20(27)31)18(28)25-11-15-5-2-8-30-15/h1,3-4,6-7,9-10,15H,2,5,8,11H2,(H,25,28)(H,26,31)/t15-/m0/s1. The van der Waals surface area contributed by atoms with E-state index in [1.165, 1.54) is 30.3 Å². The van der Waals surface area contributed by atoms with Gasteiger partial charge in [0.15, 0.2) is 4.77 Å². The second kappa shape index (κ2) is 8.27. The first-order chi connectivity index (χ1) is 14.7. The highest BCUT2D eigenvalue weighted by atomic mass is 32.1. The van der Waals surface area contributed by atoms with Crippen molar-refractivity contribution >= 4 is 29.0 Å². The van der Waals surface area contributed by atoms with Gasteiger partial charge in [-0.05, 0) is 61.5 Å². The van der Waals surface area contributed by atoms with Gasteiger partial charge in [-0.2, -0.15) is 13.2 Å². The van der Waals surface area contributed by atoms with Crippen LogP contribution in [0.2, 0.25) is 0 Å². The molecule has 1 aromatic heterocycles. The van der Waals surface area contributed by atoms with Gasteiger partial charge in [0.2, 0.25) is 0 Å². The number of hydrogen-bond acceptors (Lipinski definition) is 4. The van der Waals surface area contributed by atoms with Gasteiger partial charge in [-0.3, -0.25) is 14.2 Å². The minimum Gasteiger partial charge on any atom is -0.376 e. The lowest BCUT2D eigenvalue weighted by Gasteiger charge is -2.13. The number of fused-ring (bicyclic) bond motifs is 1. The van der Waals surface area contributed by atoms with Crippen LogP contribution in [0, 0.1) is 4.77 Å². The molecule has 0 radical (unpaired) electrons. The van der Waals surface area contributed by atoms with E-state index in [9.17, 15) is 22.8 Å². The lowest BCUT2D eigenvalue weighted by Crippen LogP contribution is -2.31. The average molecular weight is 449 g/mol. The van der Waals surface area contributed by atoms with Crippen LogP contribution in [0.4, 0.5) is 13.2 Å². The summed E-state index contributed by atoms with van der Waals surface area (Å²) in [5.41, 5.74) is -0.814. The van der Waals surface area contributed by atoms with E-state index in [2.05, 4.69) is 10.3 Å². The van der Waals surface area contributed by atoms with Crippen LogP contribution in [-0.2, 0) is 10.9 Å². The molecule has 0 unspecified atom stereocenters. The number of benzene rings is 2. The molecule has 1 atom stereocenters. The molecule has 1 aliphatic rings. The van der Waals surface area contributed by atoms with Crippen molar-refractivity contribution in [3.05, 3.63) is 68.7 Å². The third-order valence-electron chi connectivity index (χ3n) is 5.11. The Hall–Kier alpha value is -2.98. The minimum atomic E-state index is -4.55. The molecule has 1 amide bonds. The van der Waals surface area contributed by atoms with Gasteiger partial charge in [0.1, 0.15) is 0 Å². The highest BCUT2D eigenvalue weighted by Gasteiger charge is 2.30. The first-order valence-electron chi connectivity index (χ1n) is 9.60. The Morgan fingerprint density at radius 3 is 2.77 bits per heavy atom. The summed E-state index contributed by atoms with van der Waals surface area (Å²) >= 11 is 5.23. The molecule has 0 aliphatic carbocycles. The summed E-state index contributed by atoms with van der Waals surface area (Å²) in [6, 6.07) is 8.81. The van der Waals surface area contributed by atoms with Crippen LogP contribution in [0.5, 0.6) is 0 Å². The number of aromatic amines is 1. The van der Waals surface area contributed by atoms with Crippen molar-refractivity contribution in [1.29, 1.82) is 0 Å². The van der Waals surface area contributed by atoms with Crippen LogP contribution in [0.25, 0.3) is 16.6 Å². The number of halogens is 3. The number of amides is 1. The normalized spacial score (nSPS) is 16.5. The Balaban J connectivity index is 1.68. The molecule has 2 N–H and O–H groups in total. The Morgan fingerprint density at radius 2 is 2.06 bits per heavy atom. The Kier molecular flexibility index (Phi) is 5.67. The van der Waals surface area contributed by atoms with Crippen molar-refractivity contribution in [2.75, 3.05) is 13.2 Å². The summed E-state index contributed by atoms with van der Waals surface area (Å²) in [5, 5.41) is 2.99. The number of ether oxygens (including phenoxy) is 1. The smallest absolute Gasteiger partial charge is 0.376 e. The van der Waals surface area contributed by atoms with E-state index in [4.69, 9.17) is 17.0 Å². The van der Waals surface area contributed by atoms with Crippen LogP contribution in [0.1, 0.15) is 28.8 Å². The van der Waals surface area contributed by atoms with Crippen LogP contribution < -0.4 is 10.9 Å². The van der Waals surface area contributed by atoms with E-state index >= 15 is 0 Å². The number of carbonyl (C=O) groups excluding carboxylic acids is 1. The van der Waals surface area contributed by atoms with Gasteiger partial charge in [0.25, 0.3) is 11.5 Å². The second-order valence-corrected chi connectivity index (χ2v) is 7.61. The topological polar surface area (TPSA) is 76.1 Å². The Morgan fingerprint density at radius 1 is 1.26 bits per heavy atom. The highest BCUT2D eigenvalue weighted by Crippen LogP contribution is 2.30. The monoisotopic (exact) mass is 449 g/mol. The number of aromatic nitrogens is 2. The maximum absolute atomic E-state index is 13.1. The molecule has 4 rings (SSSR count). The largest absolute Gasteiger partial charge is 0.416 e. The van der Waals surface area contributed by atoms with Crippen LogP contribution in [0.3, 0.4) is 0 Å². The van der Waals surface area contributed by atoms with E-state index in [1.807, 2.05) is 0 Å². The summed E-state index contributed by atoms with van der Waals surface area (Å²) in [7, 11) is 0. The van der Waals surface area contributed by atoms with E-state index in [0.717, 1.165) is 29.5 Å². The van der Waals surface area contributed by atoms with Gasteiger partial charge in [-0.25, -0.2) is 0 Å². The van der Waals surface area contributed by atoms with E-state index in [1.54, 1.807) is 0 Å². The molecular formula is C21H18F3N3O3S. The summed E-state index contributed by atoms with van der Waals surface area (Å²) in [5.74, 6) is -0.321. The van der Waals surface area contributed by atoms with Crippen molar-refractivity contribution in [3.8, 4) is 5.69 Å². The predicted molar refractivity (Wildman–Crippen MR) is 111 cm³/mol. The molecule has 1 saturated heterocycles. The number of alkyl halides is 3. The molecule has 1 aliphatic heterocycles. The quantitative estimate of drug-likeness (QED) is 0.591. The molecule has 10 heteroatoms. The van der Waals surface area contributed by atoms with Gasteiger partial charge in [-0.15, -0.1) is 0 Å². The molecular weight excluding hydrogens is 431 g/mol. The minimum absolute atomic E-state index is 0.00126. The van der Waals surface area contributed by atoms with Crippen LogP contribution in [0.15, 0.2) is 47.3 Å². The molecule has 31 heavy (non-hydrogen) atoms. The van der Waals surface area contributed by atoms with E-state index in [-0.39, 0.29) is 27.9 Å². The lowest BCUT2D eigenvalue weighted by molar-refractivity contribution is -0.137. The molecule has 0 saturated carbocycles. The summed E-state index contributed by atoms with van der Waals surface area (Å²) in [6.07, 6.45) is -2.70. The fraction of sp³-hybridized carbons (Fsp3) is 0.286. The fourth-order valence-electron chi connectivity index (χ4n) is 3.53. The van der Waals surface area contributed by atoms with Gasteiger partial charge in [0.05, 0.1) is 28.3 Å². The maximum atomic E-state index is 13.1. The summed E-state index contributed by atoms with van der Waals surface area (Å²) in [6.45, 7) is 1.08. The molecule has 6 nitrogen and oxygen atoms in total. The third kappa shape index (κ3) is 4.40. The second-order valence-electron chi connectivity index (χ2n) is 7.22. The molecule has 0 bridgehead atoms. The van der Waals surface area contributed by atoms with Crippen LogP contribution in [-0.4, -0.2) is 34.7 Å². The van der Waals surface area contributed by atoms with Gasteiger partial charge < -0.3 is 15.0 Å². The van der Waals surface area contributed by atoms with Gasteiger partial charge in [0, 0.05) is 18.7 Å². The van der Waals surface area contributed by atoms with E-state index < -0.39 is 17.3 Å². The Bertz CT molecular complexity index is 1260. The zero-order valence-electron chi connectivity index (χ0n) is 16.2. The predicted octanol–water partition coefficient (Wildman–Crippen LogP) is 3.98. The third-order valence-corrected chi connectivity index (χ3v) is 5.39. The average Bonchev–Trinajstić information content (AvgIpc) is 3.25. The lowest BCUT2D eigenvalue weighted by atomic mass is 10.1. The number of nitrogens with zero attached hydrogens (tertiary/aromatic N) is 1. The van der Waals surface area contributed by atoms with Crippen molar-refractivity contribution in [3.63, 3.8) is 0 Å². The number of H-pyrrole nitrogens is 1. The summed E-state index contributed by atoms with van der Waals surface area (Å²) < 4.78 is 45.6. The molecule has 0 spiro atoms. The van der Waals surface area contributed by atoms with Crippen molar-refractivity contribution in [2.24, 2.45) is 0 Å². The first kappa shape index (κ1) is 21.3. The molecule has 1 fully saturated rings. The highest BCUT2D eigenvalue weighted by molar-refractivity contribution is 7.71.